The van der Waals surface area contributed by atoms with Crippen LogP contribution in [0.3, 0.4) is 0 Å². The molecule has 0 bridgehead atoms. The van der Waals surface area contributed by atoms with Crippen molar-refractivity contribution in [3.8, 4) is 0 Å². The smallest absolute Gasteiger partial charge is 0.276 e. The van der Waals surface area contributed by atoms with Gasteiger partial charge in [-0.25, -0.2) is 4.83 Å². The van der Waals surface area contributed by atoms with Crippen molar-refractivity contribution in [3.05, 3.63) is 78.0 Å². The number of para-hydroxylation sites is 1. The first-order valence-electron chi connectivity index (χ1n) is 8.23. The van der Waals surface area contributed by atoms with Crippen molar-refractivity contribution in [2.24, 2.45) is 5.10 Å². The molecule has 3 aromatic rings. The fourth-order valence-electron chi connectivity index (χ4n) is 2.77. The van der Waals surface area contributed by atoms with Crippen LogP contribution in [0.25, 0.3) is 10.9 Å². The number of aryl methyl sites for hydroxylation is 2. The molecule has 0 aliphatic heterocycles. The van der Waals surface area contributed by atoms with Crippen molar-refractivity contribution in [1.29, 1.82) is 0 Å². The number of aromatic nitrogens is 1. The van der Waals surface area contributed by atoms with Crippen LogP contribution in [-0.4, -0.2) is 19.2 Å². The Morgan fingerprint density at radius 1 is 1.15 bits per heavy atom. The number of hydrazone groups is 1. The third-order valence-corrected chi connectivity index (χ3v) is 5.53. The van der Waals surface area contributed by atoms with Crippen molar-refractivity contribution >= 4 is 27.1 Å². The average molecular weight is 367 g/mol. The molecule has 0 fully saturated rings. The highest BCUT2D eigenvalue weighted by atomic mass is 32.2. The maximum absolute atomic E-state index is 12.4. The fourth-order valence-corrected chi connectivity index (χ4v) is 3.64. The van der Waals surface area contributed by atoms with E-state index in [2.05, 4.69) is 16.5 Å². The predicted octanol–water partition coefficient (Wildman–Crippen LogP) is 3.76. The number of sulfonamides is 1. The van der Waals surface area contributed by atoms with Crippen LogP contribution in [0.2, 0.25) is 0 Å². The Morgan fingerprint density at radius 3 is 2.65 bits per heavy atom. The number of allylic oxidation sites excluding steroid dienone is 1. The average Bonchev–Trinajstić information content (AvgIpc) is 2.96. The van der Waals surface area contributed by atoms with Gasteiger partial charge in [0.05, 0.1) is 11.1 Å². The lowest BCUT2D eigenvalue weighted by Gasteiger charge is -2.06. The Kier molecular flexibility index (Phi) is 4.95. The number of hydrogen-bond acceptors (Lipinski definition) is 3. The second kappa shape index (κ2) is 7.17. The normalized spacial score (nSPS) is 11.9. The van der Waals surface area contributed by atoms with Crippen LogP contribution in [0.1, 0.15) is 16.7 Å². The van der Waals surface area contributed by atoms with Gasteiger partial charge in [0.25, 0.3) is 10.0 Å². The molecule has 3 rings (SSSR count). The zero-order valence-electron chi connectivity index (χ0n) is 14.8. The molecule has 1 N–H and O–H groups in total. The zero-order valence-corrected chi connectivity index (χ0v) is 15.6. The van der Waals surface area contributed by atoms with E-state index in [1.807, 2.05) is 55.0 Å². The van der Waals surface area contributed by atoms with Crippen molar-refractivity contribution in [1.82, 2.24) is 9.40 Å². The molecular weight excluding hydrogens is 346 g/mol. The molecule has 6 heteroatoms. The van der Waals surface area contributed by atoms with Crippen molar-refractivity contribution in [2.45, 2.75) is 25.3 Å². The monoisotopic (exact) mass is 367 g/mol. The zero-order chi connectivity index (χ0) is 18.7. The minimum atomic E-state index is -3.70. The summed E-state index contributed by atoms with van der Waals surface area (Å²) in [7, 11) is -3.70. The van der Waals surface area contributed by atoms with Gasteiger partial charge in [0.15, 0.2) is 0 Å². The van der Waals surface area contributed by atoms with Crippen LogP contribution < -0.4 is 4.83 Å². The minimum Gasteiger partial charge on any atom is -0.343 e. The summed E-state index contributed by atoms with van der Waals surface area (Å²) < 4.78 is 26.9. The van der Waals surface area contributed by atoms with E-state index in [1.54, 1.807) is 18.2 Å². The van der Waals surface area contributed by atoms with Gasteiger partial charge in [-0.2, -0.15) is 13.5 Å². The van der Waals surface area contributed by atoms with E-state index in [1.165, 1.54) is 6.21 Å². The highest BCUT2D eigenvalue weighted by Gasteiger charge is 2.13. The lowest BCUT2D eigenvalue weighted by Crippen LogP contribution is -2.18. The van der Waals surface area contributed by atoms with E-state index in [0.717, 1.165) is 27.6 Å². The standard InChI is InChI=1S/C20H21N3O2S/c1-4-11-23-14-17(19-7-5-6-8-20(19)23)13-21-22-26(24,25)18-10-9-15(2)16(3)12-18/h4-10,12-14,22H,1,11H2,2-3H3/b21-13-. The summed E-state index contributed by atoms with van der Waals surface area (Å²) in [5.74, 6) is 0. The Bertz CT molecular complexity index is 1100. The number of rotatable bonds is 6. The molecule has 0 aliphatic carbocycles. The molecule has 0 saturated heterocycles. The van der Waals surface area contributed by atoms with E-state index >= 15 is 0 Å². The molecule has 1 aromatic heterocycles. The number of nitrogens with zero attached hydrogens (tertiary/aromatic N) is 2. The molecule has 0 spiro atoms. The maximum atomic E-state index is 12.4. The lowest BCUT2D eigenvalue weighted by molar-refractivity contribution is 0.584. The third kappa shape index (κ3) is 3.55. The number of hydrogen-bond donors (Lipinski definition) is 1. The van der Waals surface area contributed by atoms with E-state index in [-0.39, 0.29) is 4.90 Å². The molecule has 26 heavy (non-hydrogen) atoms. The SMILES string of the molecule is C=CCn1cc(/C=N\NS(=O)(=O)c2ccc(C)c(C)c2)c2ccccc21. The Morgan fingerprint density at radius 2 is 1.92 bits per heavy atom. The van der Waals surface area contributed by atoms with Gasteiger partial charge in [0, 0.05) is 29.2 Å². The number of fused-ring (bicyclic) bond motifs is 1. The first-order chi connectivity index (χ1) is 12.4. The molecule has 0 aliphatic rings. The third-order valence-electron chi connectivity index (χ3n) is 4.31. The van der Waals surface area contributed by atoms with Crippen LogP contribution in [-0.2, 0) is 16.6 Å². The first-order valence-corrected chi connectivity index (χ1v) is 9.71. The van der Waals surface area contributed by atoms with Gasteiger partial charge in [0.1, 0.15) is 0 Å². The lowest BCUT2D eigenvalue weighted by atomic mass is 10.1. The summed E-state index contributed by atoms with van der Waals surface area (Å²) in [6, 6.07) is 12.9. The molecule has 134 valence electrons. The molecule has 0 unspecified atom stereocenters. The Labute approximate surface area is 153 Å². The molecular formula is C20H21N3O2S. The number of nitrogens with one attached hydrogen (secondary N) is 1. The first kappa shape index (κ1) is 17.9. The molecule has 2 aromatic carbocycles. The van der Waals surface area contributed by atoms with Gasteiger partial charge in [-0.15, -0.1) is 6.58 Å². The van der Waals surface area contributed by atoms with E-state index in [9.17, 15) is 8.42 Å². The fraction of sp³-hybridized carbons (Fsp3) is 0.150. The number of benzene rings is 2. The van der Waals surface area contributed by atoms with Crippen LogP contribution in [0.15, 0.2) is 71.3 Å². The maximum Gasteiger partial charge on any atom is 0.276 e. The molecule has 0 amide bonds. The van der Waals surface area contributed by atoms with Crippen molar-refractivity contribution < 1.29 is 8.42 Å². The summed E-state index contributed by atoms with van der Waals surface area (Å²) in [5.41, 5.74) is 3.85. The molecule has 0 atom stereocenters. The van der Waals surface area contributed by atoms with Gasteiger partial charge < -0.3 is 4.57 Å². The highest BCUT2D eigenvalue weighted by molar-refractivity contribution is 7.89. The molecule has 0 radical (unpaired) electrons. The van der Waals surface area contributed by atoms with E-state index in [4.69, 9.17) is 0 Å². The summed E-state index contributed by atoms with van der Waals surface area (Å²) in [5, 5.41) is 4.97. The summed E-state index contributed by atoms with van der Waals surface area (Å²) in [6.45, 7) is 8.26. The Balaban J connectivity index is 1.87. The van der Waals surface area contributed by atoms with Crippen LogP contribution in [0, 0.1) is 13.8 Å². The summed E-state index contributed by atoms with van der Waals surface area (Å²) in [4.78, 5) is 2.49. The van der Waals surface area contributed by atoms with Crippen molar-refractivity contribution in [3.63, 3.8) is 0 Å². The quantitative estimate of drug-likeness (QED) is 0.410. The van der Waals surface area contributed by atoms with Crippen molar-refractivity contribution in [2.75, 3.05) is 0 Å². The van der Waals surface area contributed by atoms with Gasteiger partial charge in [-0.1, -0.05) is 30.3 Å². The van der Waals surface area contributed by atoms with Crippen LogP contribution in [0.5, 0.6) is 0 Å². The van der Waals surface area contributed by atoms with Gasteiger partial charge in [-0.05, 0) is 43.2 Å². The molecule has 1 heterocycles. The van der Waals surface area contributed by atoms with Crippen LogP contribution in [0.4, 0.5) is 0 Å². The van der Waals surface area contributed by atoms with Crippen LogP contribution >= 0.6 is 0 Å². The Hall–Kier alpha value is -2.86. The van der Waals surface area contributed by atoms with E-state index in [0.29, 0.717) is 6.54 Å². The highest BCUT2D eigenvalue weighted by Crippen LogP contribution is 2.20. The second-order valence-corrected chi connectivity index (χ2v) is 7.80. The molecule has 0 saturated carbocycles. The largest absolute Gasteiger partial charge is 0.343 e. The van der Waals surface area contributed by atoms with Gasteiger partial charge in [0.2, 0.25) is 0 Å². The molecule has 5 nitrogen and oxygen atoms in total. The second-order valence-electron chi connectivity index (χ2n) is 6.14. The minimum absolute atomic E-state index is 0.201. The summed E-state index contributed by atoms with van der Waals surface area (Å²) >= 11 is 0. The van der Waals surface area contributed by atoms with Gasteiger partial charge >= 0.3 is 0 Å². The summed E-state index contributed by atoms with van der Waals surface area (Å²) in [6.07, 6.45) is 5.27. The van der Waals surface area contributed by atoms with E-state index < -0.39 is 10.0 Å². The predicted molar refractivity (Wildman–Crippen MR) is 106 cm³/mol. The van der Waals surface area contributed by atoms with Gasteiger partial charge in [-0.3, -0.25) is 0 Å². The topological polar surface area (TPSA) is 63.5 Å².